The Morgan fingerprint density at radius 2 is 1.92 bits per heavy atom. The van der Waals surface area contributed by atoms with Crippen LogP contribution in [0.2, 0.25) is 0 Å². The van der Waals surface area contributed by atoms with E-state index in [0.717, 1.165) is 29.0 Å². The van der Waals surface area contributed by atoms with Crippen LogP contribution in [0.5, 0.6) is 11.5 Å². The predicted molar refractivity (Wildman–Crippen MR) is 98.0 cm³/mol. The SMILES string of the molecule is Cc1c(CC(=O)CC(C)CCCS(=O)(=O)C(C)C)ccc2c1OCO2. The molecule has 5 nitrogen and oxygen atoms in total. The molecule has 1 heterocycles. The maximum absolute atomic E-state index is 12.4. The van der Waals surface area contributed by atoms with Crippen LogP contribution in [-0.2, 0) is 21.1 Å². The van der Waals surface area contributed by atoms with Gasteiger partial charge in [-0.1, -0.05) is 13.0 Å². The van der Waals surface area contributed by atoms with Crippen molar-refractivity contribution in [3.63, 3.8) is 0 Å². The van der Waals surface area contributed by atoms with E-state index in [0.29, 0.717) is 19.3 Å². The van der Waals surface area contributed by atoms with Crippen molar-refractivity contribution in [2.24, 2.45) is 5.92 Å². The van der Waals surface area contributed by atoms with Crippen LogP contribution in [0, 0.1) is 12.8 Å². The van der Waals surface area contributed by atoms with Gasteiger partial charge in [-0.3, -0.25) is 4.79 Å². The van der Waals surface area contributed by atoms with E-state index in [1.54, 1.807) is 13.8 Å². The molecule has 0 saturated heterocycles. The highest BCUT2D eigenvalue weighted by molar-refractivity contribution is 7.91. The maximum atomic E-state index is 12.4. The lowest BCUT2D eigenvalue weighted by molar-refractivity contribution is -0.119. The highest BCUT2D eigenvalue weighted by Gasteiger charge is 2.20. The minimum absolute atomic E-state index is 0.168. The number of carbonyl (C=O) groups excluding carboxylic acids is 1. The smallest absolute Gasteiger partial charge is 0.231 e. The van der Waals surface area contributed by atoms with Crippen LogP contribution in [0.1, 0.15) is 51.2 Å². The fourth-order valence-electron chi connectivity index (χ4n) is 2.99. The van der Waals surface area contributed by atoms with E-state index in [1.807, 2.05) is 26.0 Å². The molecule has 1 atom stereocenters. The minimum Gasteiger partial charge on any atom is -0.454 e. The largest absolute Gasteiger partial charge is 0.454 e. The second-order valence-electron chi connectivity index (χ2n) is 7.17. The number of fused-ring (bicyclic) bond motifs is 1. The first-order chi connectivity index (χ1) is 11.7. The van der Waals surface area contributed by atoms with Crippen LogP contribution in [0.4, 0.5) is 0 Å². The topological polar surface area (TPSA) is 69.7 Å². The summed E-state index contributed by atoms with van der Waals surface area (Å²) in [7, 11) is -2.99. The van der Waals surface area contributed by atoms with E-state index in [9.17, 15) is 13.2 Å². The summed E-state index contributed by atoms with van der Waals surface area (Å²) in [6.07, 6.45) is 2.20. The van der Waals surface area contributed by atoms with Gasteiger partial charge in [0.05, 0.1) is 11.0 Å². The number of hydrogen-bond donors (Lipinski definition) is 0. The van der Waals surface area contributed by atoms with Crippen LogP contribution >= 0.6 is 0 Å². The summed E-state index contributed by atoms with van der Waals surface area (Å²) in [4.78, 5) is 12.4. The Morgan fingerprint density at radius 1 is 1.20 bits per heavy atom. The lowest BCUT2D eigenvalue weighted by Gasteiger charge is -2.13. The third kappa shape index (κ3) is 5.21. The zero-order valence-corrected chi connectivity index (χ0v) is 16.3. The fourth-order valence-corrected chi connectivity index (χ4v) is 4.03. The molecular formula is C19H28O5S. The lowest BCUT2D eigenvalue weighted by atomic mass is 9.94. The van der Waals surface area contributed by atoms with Gasteiger partial charge in [0.25, 0.3) is 0 Å². The number of Topliss-reactive ketones (excluding diaryl/α,β-unsaturated/α-hetero) is 1. The molecule has 1 aromatic rings. The molecule has 6 heteroatoms. The molecule has 0 aromatic heterocycles. The first-order valence-electron chi connectivity index (χ1n) is 8.82. The molecule has 0 saturated carbocycles. The van der Waals surface area contributed by atoms with E-state index < -0.39 is 9.84 Å². The molecule has 2 rings (SSSR count). The molecule has 0 bridgehead atoms. The third-order valence-electron chi connectivity index (χ3n) is 4.71. The Labute approximate surface area is 150 Å². The van der Waals surface area contributed by atoms with E-state index >= 15 is 0 Å². The van der Waals surface area contributed by atoms with Crippen LogP contribution in [0.3, 0.4) is 0 Å². The highest BCUT2D eigenvalue weighted by Crippen LogP contribution is 2.37. The summed E-state index contributed by atoms with van der Waals surface area (Å²) >= 11 is 0. The van der Waals surface area contributed by atoms with Crippen molar-refractivity contribution in [2.45, 2.75) is 58.6 Å². The fraction of sp³-hybridized carbons (Fsp3) is 0.632. The Kier molecular flexibility index (Phi) is 6.49. The van der Waals surface area contributed by atoms with E-state index in [-0.39, 0.29) is 29.5 Å². The molecule has 0 spiro atoms. The minimum atomic E-state index is -2.99. The van der Waals surface area contributed by atoms with Crippen molar-refractivity contribution in [1.29, 1.82) is 0 Å². The van der Waals surface area contributed by atoms with E-state index in [4.69, 9.17) is 9.47 Å². The van der Waals surface area contributed by atoms with Crippen molar-refractivity contribution < 1.29 is 22.7 Å². The van der Waals surface area contributed by atoms with Gasteiger partial charge in [0.1, 0.15) is 5.78 Å². The standard InChI is InChI=1S/C19H28O5S/c1-13(2)25(21,22)9-5-6-14(3)10-17(20)11-16-7-8-18-19(15(16)4)24-12-23-18/h7-8,13-14H,5-6,9-12H2,1-4H3. The van der Waals surface area contributed by atoms with E-state index in [1.165, 1.54) is 0 Å². The quantitative estimate of drug-likeness (QED) is 0.667. The van der Waals surface area contributed by atoms with Crippen molar-refractivity contribution >= 4 is 15.6 Å². The number of sulfone groups is 1. The van der Waals surface area contributed by atoms with Gasteiger partial charge in [0.2, 0.25) is 6.79 Å². The summed E-state index contributed by atoms with van der Waals surface area (Å²) in [5, 5.41) is -0.335. The van der Waals surface area contributed by atoms with Crippen molar-refractivity contribution in [3.8, 4) is 11.5 Å². The van der Waals surface area contributed by atoms with Crippen LogP contribution < -0.4 is 9.47 Å². The Hall–Kier alpha value is -1.56. The van der Waals surface area contributed by atoms with Crippen molar-refractivity contribution in [1.82, 2.24) is 0 Å². The highest BCUT2D eigenvalue weighted by atomic mass is 32.2. The number of rotatable bonds is 9. The maximum Gasteiger partial charge on any atom is 0.231 e. The van der Waals surface area contributed by atoms with Crippen molar-refractivity contribution in [2.75, 3.05) is 12.5 Å². The van der Waals surface area contributed by atoms with Gasteiger partial charge in [-0.25, -0.2) is 8.42 Å². The summed E-state index contributed by atoms with van der Waals surface area (Å²) in [6, 6.07) is 3.76. The molecular weight excluding hydrogens is 340 g/mol. The van der Waals surface area contributed by atoms with Gasteiger partial charge in [-0.15, -0.1) is 0 Å². The molecule has 140 valence electrons. The van der Waals surface area contributed by atoms with Crippen LogP contribution in [0.25, 0.3) is 0 Å². The van der Waals surface area contributed by atoms with E-state index in [2.05, 4.69) is 0 Å². The molecule has 1 aliphatic heterocycles. The van der Waals surface area contributed by atoms with Gasteiger partial charge in [-0.2, -0.15) is 0 Å². The molecule has 1 aromatic carbocycles. The molecule has 25 heavy (non-hydrogen) atoms. The van der Waals surface area contributed by atoms with Gasteiger partial charge in [-0.05, 0) is 56.7 Å². The normalized spacial score (nSPS) is 14.8. The molecule has 0 aliphatic carbocycles. The number of ketones is 1. The number of benzene rings is 1. The Balaban J connectivity index is 1.82. The average molecular weight is 368 g/mol. The summed E-state index contributed by atoms with van der Waals surface area (Å²) in [5.41, 5.74) is 1.92. The summed E-state index contributed by atoms with van der Waals surface area (Å²) in [5.74, 6) is 2.01. The van der Waals surface area contributed by atoms with Crippen LogP contribution in [0.15, 0.2) is 12.1 Å². The second kappa shape index (κ2) is 8.21. The Bertz CT molecular complexity index is 722. The first kappa shape index (κ1) is 19.8. The average Bonchev–Trinajstić information content (AvgIpc) is 2.99. The zero-order chi connectivity index (χ0) is 18.6. The lowest BCUT2D eigenvalue weighted by Crippen LogP contribution is -2.18. The third-order valence-corrected chi connectivity index (χ3v) is 7.00. The molecule has 0 radical (unpaired) electrons. The Morgan fingerprint density at radius 3 is 2.60 bits per heavy atom. The number of carbonyl (C=O) groups is 1. The van der Waals surface area contributed by atoms with Gasteiger partial charge < -0.3 is 9.47 Å². The molecule has 0 amide bonds. The summed E-state index contributed by atoms with van der Waals surface area (Å²) < 4.78 is 34.4. The molecule has 1 unspecified atom stereocenters. The number of hydrogen-bond acceptors (Lipinski definition) is 5. The van der Waals surface area contributed by atoms with Gasteiger partial charge in [0.15, 0.2) is 21.3 Å². The second-order valence-corrected chi connectivity index (χ2v) is 9.84. The first-order valence-corrected chi connectivity index (χ1v) is 10.5. The molecule has 0 fully saturated rings. The summed E-state index contributed by atoms with van der Waals surface area (Å²) in [6.45, 7) is 7.58. The van der Waals surface area contributed by atoms with Crippen LogP contribution in [-0.4, -0.2) is 32.0 Å². The molecule has 0 N–H and O–H groups in total. The molecule has 1 aliphatic rings. The van der Waals surface area contributed by atoms with Crippen molar-refractivity contribution in [3.05, 3.63) is 23.3 Å². The predicted octanol–water partition coefficient (Wildman–Crippen LogP) is 3.46. The monoisotopic (exact) mass is 368 g/mol. The zero-order valence-electron chi connectivity index (χ0n) is 15.5. The van der Waals surface area contributed by atoms with Gasteiger partial charge >= 0.3 is 0 Å². The van der Waals surface area contributed by atoms with Gasteiger partial charge in [0, 0.05) is 12.8 Å². The number of ether oxygens (including phenoxy) is 2.